The first-order valence-corrected chi connectivity index (χ1v) is 7.56. The summed E-state index contributed by atoms with van der Waals surface area (Å²) in [6.45, 7) is 0. The molecule has 5 aromatic rings. The van der Waals surface area contributed by atoms with Gasteiger partial charge in [0, 0.05) is 52.6 Å². The molecular formula is C17H13N7. The molecule has 7 nitrogen and oxygen atoms in total. The molecule has 0 aliphatic carbocycles. The largest absolute Gasteiger partial charge is 0.350 e. The fraction of sp³-hybridized carbons (Fsp3) is 0.0588. The fourth-order valence-corrected chi connectivity index (χ4v) is 3.13. The Kier molecular flexibility index (Phi) is 2.58. The van der Waals surface area contributed by atoms with Crippen LogP contribution in [0.5, 0.6) is 0 Å². The molecule has 0 fully saturated rings. The topological polar surface area (TPSA) is 88.1 Å². The molecule has 0 amide bonds. The third kappa shape index (κ3) is 1.84. The van der Waals surface area contributed by atoms with E-state index in [1.807, 2.05) is 19.2 Å². The highest BCUT2D eigenvalue weighted by Gasteiger charge is 2.13. The van der Waals surface area contributed by atoms with Gasteiger partial charge in [-0.3, -0.25) is 0 Å². The van der Waals surface area contributed by atoms with Crippen LogP contribution in [0.3, 0.4) is 0 Å². The average molecular weight is 315 g/mol. The van der Waals surface area contributed by atoms with E-state index >= 15 is 0 Å². The van der Waals surface area contributed by atoms with E-state index in [-0.39, 0.29) is 0 Å². The van der Waals surface area contributed by atoms with E-state index in [0.29, 0.717) is 5.82 Å². The lowest BCUT2D eigenvalue weighted by Gasteiger charge is -1.99. The second-order valence-corrected chi connectivity index (χ2v) is 5.75. The van der Waals surface area contributed by atoms with Crippen LogP contribution < -0.4 is 0 Å². The van der Waals surface area contributed by atoms with Crippen LogP contribution >= 0.6 is 0 Å². The Morgan fingerprint density at radius 2 is 2.08 bits per heavy atom. The number of hydrogen-bond acceptors (Lipinski definition) is 4. The highest BCUT2D eigenvalue weighted by Crippen LogP contribution is 2.33. The lowest BCUT2D eigenvalue weighted by Crippen LogP contribution is -1.85. The summed E-state index contributed by atoms with van der Waals surface area (Å²) in [5.41, 5.74) is 5.12. The molecule has 0 spiro atoms. The summed E-state index contributed by atoms with van der Waals surface area (Å²) in [5.74, 6) is 0.588. The second-order valence-electron chi connectivity index (χ2n) is 5.75. The summed E-state index contributed by atoms with van der Waals surface area (Å²) in [6, 6.07) is 12.3. The number of nitrogens with one attached hydrogen (secondary N) is 2. The van der Waals surface area contributed by atoms with Gasteiger partial charge in [-0.1, -0.05) is 0 Å². The fourth-order valence-electron chi connectivity index (χ4n) is 3.13. The summed E-state index contributed by atoms with van der Waals surface area (Å²) in [6.07, 6.45) is 3.91. The number of benzene rings is 1. The molecule has 0 bridgehead atoms. The molecule has 0 saturated heterocycles. The van der Waals surface area contributed by atoms with Gasteiger partial charge in [0.1, 0.15) is 5.65 Å². The van der Waals surface area contributed by atoms with E-state index in [2.05, 4.69) is 65.6 Å². The molecule has 0 saturated carbocycles. The summed E-state index contributed by atoms with van der Waals surface area (Å²) in [5, 5.41) is 16.5. The van der Waals surface area contributed by atoms with Gasteiger partial charge in [-0.15, -0.1) is 10.2 Å². The molecule has 4 heterocycles. The van der Waals surface area contributed by atoms with Crippen molar-refractivity contribution in [1.29, 1.82) is 0 Å². The van der Waals surface area contributed by atoms with Crippen LogP contribution in [-0.4, -0.2) is 35.2 Å². The first-order chi connectivity index (χ1) is 11.8. The maximum Gasteiger partial charge on any atom is 0.204 e. The van der Waals surface area contributed by atoms with Crippen molar-refractivity contribution in [1.82, 2.24) is 35.2 Å². The van der Waals surface area contributed by atoms with Crippen LogP contribution in [0.15, 0.2) is 48.8 Å². The molecule has 24 heavy (non-hydrogen) atoms. The van der Waals surface area contributed by atoms with Gasteiger partial charge >= 0.3 is 0 Å². The number of fused-ring (bicyclic) bond motifs is 2. The van der Waals surface area contributed by atoms with E-state index in [9.17, 15) is 0 Å². The van der Waals surface area contributed by atoms with Gasteiger partial charge in [-0.2, -0.15) is 5.21 Å². The molecule has 0 aliphatic rings. The zero-order valence-electron chi connectivity index (χ0n) is 12.9. The number of rotatable bonds is 2. The minimum atomic E-state index is 0.588. The van der Waals surface area contributed by atoms with Crippen molar-refractivity contribution in [3.05, 3.63) is 48.8 Å². The summed E-state index contributed by atoms with van der Waals surface area (Å²) < 4.78 is 2.11. The van der Waals surface area contributed by atoms with Crippen LogP contribution in [0.2, 0.25) is 0 Å². The zero-order chi connectivity index (χ0) is 16.1. The molecule has 4 aromatic heterocycles. The lowest BCUT2D eigenvalue weighted by atomic mass is 10.1. The molecule has 116 valence electrons. The van der Waals surface area contributed by atoms with Gasteiger partial charge in [0.25, 0.3) is 0 Å². The van der Waals surface area contributed by atoms with Crippen LogP contribution in [0.25, 0.3) is 44.6 Å². The van der Waals surface area contributed by atoms with Crippen molar-refractivity contribution in [2.75, 3.05) is 0 Å². The number of nitrogens with zero attached hydrogens (tertiary/aromatic N) is 5. The highest BCUT2D eigenvalue weighted by molar-refractivity contribution is 5.99. The first kappa shape index (κ1) is 13.0. The number of hydrogen-bond donors (Lipinski definition) is 2. The first-order valence-electron chi connectivity index (χ1n) is 7.56. The van der Waals surface area contributed by atoms with Crippen LogP contribution in [-0.2, 0) is 7.05 Å². The second kappa shape index (κ2) is 4.76. The third-order valence-electron chi connectivity index (χ3n) is 4.28. The van der Waals surface area contributed by atoms with Gasteiger partial charge in [0.05, 0.1) is 0 Å². The van der Waals surface area contributed by atoms with E-state index in [1.54, 1.807) is 6.20 Å². The van der Waals surface area contributed by atoms with Crippen molar-refractivity contribution in [3.8, 4) is 22.6 Å². The summed E-state index contributed by atoms with van der Waals surface area (Å²) in [7, 11) is 2.04. The van der Waals surface area contributed by atoms with Crippen molar-refractivity contribution >= 4 is 21.9 Å². The molecule has 0 radical (unpaired) electrons. The van der Waals surface area contributed by atoms with E-state index in [0.717, 1.165) is 38.8 Å². The molecular weight excluding hydrogens is 302 g/mol. The summed E-state index contributed by atoms with van der Waals surface area (Å²) in [4.78, 5) is 7.78. The van der Waals surface area contributed by atoms with Crippen LogP contribution in [0.4, 0.5) is 0 Å². The molecule has 0 unspecified atom stereocenters. The van der Waals surface area contributed by atoms with Crippen molar-refractivity contribution in [3.63, 3.8) is 0 Å². The Morgan fingerprint density at radius 1 is 1.12 bits per heavy atom. The summed E-state index contributed by atoms with van der Waals surface area (Å²) >= 11 is 0. The third-order valence-corrected chi connectivity index (χ3v) is 4.28. The van der Waals surface area contributed by atoms with Crippen LogP contribution in [0.1, 0.15) is 0 Å². The maximum absolute atomic E-state index is 4.38. The lowest BCUT2D eigenvalue weighted by molar-refractivity contribution is 0.881. The standard InChI is InChI=1S/C17H13N7/c1-24-9-13(14-8-10-3-2-6-18-16(10)19-14)12-7-11(4-5-15(12)24)17-20-22-23-21-17/h2-9H,1H3,(H,18,19)(H,20,21,22,23). The Morgan fingerprint density at radius 3 is 2.92 bits per heavy atom. The minimum absolute atomic E-state index is 0.588. The van der Waals surface area contributed by atoms with Crippen molar-refractivity contribution in [2.45, 2.75) is 0 Å². The maximum atomic E-state index is 4.38. The molecule has 1 aromatic carbocycles. The zero-order valence-corrected chi connectivity index (χ0v) is 12.9. The quantitative estimate of drug-likeness (QED) is 0.524. The molecule has 5 rings (SSSR count). The molecule has 0 aliphatic heterocycles. The minimum Gasteiger partial charge on any atom is -0.350 e. The van der Waals surface area contributed by atoms with Gasteiger partial charge in [0.2, 0.25) is 5.82 Å². The number of H-pyrrole nitrogens is 2. The number of aromatic amines is 2. The number of aryl methyl sites for hydroxylation is 1. The highest BCUT2D eigenvalue weighted by atomic mass is 15.5. The SMILES string of the molecule is Cn1cc(-c2cc3cccnc3[nH]2)c2cc(-c3nn[nH]n3)ccc21. The van der Waals surface area contributed by atoms with Gasteiger partial charge in [-0.05, 0) is 41.6 Å². The Labute approximate surface area is 136 Å². The number of aromatic nitrogens is 7. The number of tetrazole rings is 1. The molecule has 7 heteroatoms. The average Bonchev–Trinajstić information content (AvgIpc) is 3.33. The molecule has 2 N–H and O–H groups in total. The van der Waals surface area contributed by atoms with Gasteiger partial charge in [-0.25, -0.2) is 4.98 Å². The Hall–Kier alpha value is -3.48. The van der Waals surface area contributed by atoms with Gasteiger partial charge in [0.15, 0.2) is 0 Å². The molecule has 0 atom stereocenters. The van der Waals surface area contributed by atoms with Crippen LogP contribution in [0, 0.1) is 0 Å². The van der Waals surface area contributed by atoms with E-state index in [1.165, 1.54) is 0 Å². The Balaban J connectivity index is 1.76. The van der Waals surface area contributed by atoms with E-state index < -0.39 is 0 Å². The van der Waals surface area contributed by atoms with Crippen molar-refractivity contribution in [2.24, 2.45) is 7.05 Å². The predicted molar refractivity (Wildman–Crippen MR) is 91.2 cm³/mol. The number of pyridine rings is 1. The predicted octanol–water partition coefficient (Wildman–Crippen LogP) is 2.90. The normalized spacial score (nSPS) is 11.5. The van der Waals surface area contributed by atoms with Gasteiger partial charge < -0.3 is 9.55 Å². The van der Waals surface area contributed by atoms with E-state index in [4.69, 9.17) is 0 Å². The van der Waals surface area contributed by atoms with Crippen molar-refractivity contribution < 1.29 is 0 Å². The Bertz CT molecular complexity index is 1130. The smallest absolute Gasteiger partial charge is 0.204 e. The monoisotopic (exact) mass is 315 g/mol.